The van der Waals surface area contributed by atoms with Crippen LogP contribution >= 0.6 is 0 Å². The fourth-order valence-corrected chi connectivity index (χ4v) is 4.65. The predicted molar refractivity (Wildman–Crippen MR) is 147 cm³/mol. The summed E-state index contributed by atoms with van der Waals surface area (Å²) in [5.41, 5.74) is 6.36. The summed E-state index contributed by atoms with van der Waals surface area (Å²) < 4.78 is 42.6. The second-order valence-electron chi connectivity index (χ2n) is 9.42. The molecule has 10 nitrogen and oxygen atoms in total. The van der Waals surface area contributed by atoms with Crippen LogP contribution in [-0.4, -0.2) is 38.3 Å². The van der Waals surface area contributed by atoms with Crippen LogP contribution in [0.2, 0.25) is 0 Å². The number of nitrogens with one attached hydrogen (secondary N) is 2. The number of aromatic nitrogens is 4. The molecule has 3 heterocycles. The highest BCUT2D eigenvalue weighted by molar-refractivity contribution is 5.98. The van der Waals surface area contributed by atoms with E-state index < -0.39 is 29.0 Å². The highest BCUT2D eigenvalue weighted by Crippen LogP contribution is 2.36. The zero-order chi connectivity index (χ0) is 28.7. The van der Waals surface area contributed by atoms with Crippen molar-refractivity contribution in [3.8, 4) is 17.0 Å². The van der Waals surface area contributed by atoms with Crippen LogP contribution in [-0.2, 0) is 0 Å². The number of ether oxygens (including phenoxy) is 1. The number of nitrogens with zero attached hydrogens (tertiary/aromatic N) is 4. The third kappa shape index (κ3) is 4.36. The maximum Gasteiger partial charge on any atom is 0.200 e. The molecular weight excluding hydrogens is 520 g/mol. The second-order valence-corrected chi connectivity index (χ2v) is 9.42. The first-order valence-corrected chi connectivity index (χ1v) is 12.4. The van der Waals surface area contributed by atoms with E-state index in [9.17, 15) is 13.6 Å². The minimum Gasteiger partial charge on any atom is -0.488 e. The number of anilines is 1. The van der Waals surface area contributed by atoms with Crippen LogP contribution < -0.4 is 15.9 Å². The molecule has 0 saturated carbocycles. The Bertz CT molecular complexity index is 1840. The van der Waals surface area contributed by atoms with Gasteiger partial charge in [0.15, 0.2) is 22.6 Å². The van der Waals surface area contributed by atoms with Gasteiger partial charge in [-0.3, -0.25) is 4.79 Å². The SMILES string of the molecule is CC(C)Oc1ccc(-c2nn(C(C)c3oc4cccc(F)c4c(=O)c3C(C=N)C=N)c3ncnc(N)c23)cc1F. The predicted octanol–water partition coefficient (Wildman–Crippen LogP) is 5.24. The molecule has 4 N–H and O–H groups in total. The zero-order valence-corrected chi connectivity index (χ0v) is 21.8. The van der Waals surface area contributed by atoms with Gasteiger partial charge in [0.1, 0.15) is 46.4 Å². The van der Waals surface area contributed by atoms with Crippen molar-refractivity contribution < 1.29 is 17.9 Å². The molecule has 0 aliphatic heterocycles. The summed E-state index contributed by atoms with van der Waals surface area (Å²) in [6.07, 6.45) is 2.82. The van der Waals surface area contributed by atoms with Crippen LogP contribution in [0.5, 0.6) is 5.75 Å². The Kier molecular flexibility index (Phi) is 6.84. The molecular formula is C28H25F2N7O3. The quantitative estimate of drug-likeness (QED) is 0.225. The molecule has 0 saturated heterocycles. The van der Waals surface area contributed by atoms with Gasteiger partial charge < -0.3 is 25.7 Å². The maximum atomic E-state index is 14.9. The molecule has 0 fully saturated rings. The molecule has 0 bridgehead atoms. The number of nitrogens with two attached hydrogens (primary N) is 1. The van der Waals surface area contributed by atoms with E-state index in [2.05, 4.69) is 15.1 Å². The van der Waals surface area contributed by atoms with E-state index in [1.54, 1.807) is 26.8 Å². The molecule has 1 unspecified atom stereocenters. The van der Waals surface area contributed by atoms with E-state index in [-0.39, 0.29) is 51.3 Å². The lowest BCUT2D eigenvalue weighted by molar-refractivity contribution is 0.231. The first-order chi connectivity index (χ1) is 19.2. The topological polar surface area (TPSA) is 157 Å². The van der Waals surface area contributed by atoms with E-state index in [0.29, 0.717) is 10.9 Å². The van der Waals surface area contributed by atoms with Crippen LogP contribution in [0.3, 0.4) is 0 Å². The van der Waals surface area contributed by atoms with Crippen molar-refractivity contribution in [2.75, 3.05) is 5.73 Å². The lowest BCUT2D eigenvalue weighted by Crippen LogP contribution is -2.23. The fourth-order valence-electron chi connectivity index (χ4n) is 4.65. The van der Waals surface area contributed by atoms with Gasteiger partial charge in [0, 0.05) is 18.0 Å². The molecule has 40 heavy (non-hydrogen) atoms. The van der Waals surface area contributed by atoms with Gasteiger partial charge in [-0.1, -0.05) is 6.07 Å². The van der Waals surface area contributed by atoms with Crippen molar-refractivity contribution >= 4 is 40.2 Å². The molecule has 0 aliphatic carbocycles. The van der Waals surface area contributed by atoms with Crippen molar-refractivity contribution in [3.05, 3.63) is 75.9 Å². The molecule has 5 aromatic rings. The summed E-state index contributed by atoms with van der Waals surface area (Å²) in [5.74, 6) is -2.22. The highest BCUT2D eigenvalue weighted by atomic mass is 19.1. The number of benzene rings is 2. The average Bonchev–Trinajstić information content (AvgIpc) is 3.32. The summed E-state index contributed by atoms with van der Waals surface area (Å²) in [5, 5.41) is 20.3. The third-order valence-corrected chi connectivity index (χ3v) is 6.46. The average molecular weight is 546 g/mol. The standard InChI is InChI=1S/C28H25F2N7O3/c1-13(2)39-19-8-7-15(9-18(19)30)24-23-27(33)34-12-35-28(23)37(36-24)14(3)26-21(16(10-31)11-32)25(38)22-17(29)5-4-6-20(22)40-26/h4-14,16,31-32H,1-3H3,(H2,33,34,35). The van der Waals surface area contributed by atoms with Crippen molar-refractivity contribution in [1.82, 2.24) is 19.7 Å². The first kappa shape index (κ1) is 26.6. The second kappa shape index (κ2) is 10.3. The Balaban J connectivity index is 1.76. The summed E-state index contributed by atoms with van der Waals surface area (Å²) in [4.78, 5) is 21.9. The molecule has 0 amide bonds. The molecule has 0 spiro atoms. The van der Waals surface area contributed by atoms with Gasteiger partial charge in [0.2, 0.25) is 0 Å². The Morgan fingerprint density at radius 1 is 1.05 bits per heavy atom. The van der Waals surface area contributed by atoms with Gasteiger partial charge in [-0.05, 0) is 51.1 Å². The molecule has 0 aliphatic rings. The number of hydrogen-bond acceptors (Lipinski definition) is 9. The highest BCUT2D eigenvalue weighted by Gasteiger charge is 2.29. The Morgan fingerprint density at radius 2 is 1.80 bits per heavy atom. The summed E-state index contributed by atoms with van der Waals surface area (Å²) in [6.45, 7) is 5.25. The smallest absolute Gasteiger partial charge is 0.200 e. The molecule has 3 aromatic heterocycles. The van der Waals surface area contributed by atoms with Crippen molar-refractivity contribution in [1.29, 1.82) is 10.8 Å². The normalized spacial score (nSPS) is 13.1. The van der Waals surface area contributed by atoms with Gasteiger partial charge in [0.05, 0.1) is 23.0 Å². The van der Waals surface area contributed by atoms with Gasteiger partial charge in [-0.15, -0.1) is 0 Å². The first-order valence-electron chi connectivity index (χ1n) is 12.4. The van der Waals surface area contributed by atoms with Crippen molar-refractivity contribution in [3.63, 3.8) is 0 Å². The summed E-state index contributed by atoms with van der Waals surface area (Å²) >= 11 is 0. The Morgan fingerprint density at radius 3 is 2.48 bits per heavy atom. The number of nitrogen functional groups attached to an aromatic ring is 1. The van der Waals surface area contributed by atoms with Gasteiger partial charge in [-0.25, -0.2) is 23.4 Å². The van der Waals surface area contributed by atoms with E-state index in [1.807, 2.05) is 0 Å². The van der Waals surface area contributed by atoms with E-state index in [1.165, 1.54) is 35.3 Å². The van der Waals surface area contributed by atoms with Crippen LogP contribution in [0.1, 0.15) is 44.1 Å². The monoisotopic (exact) mass is 545 g/mol. The van der Waals surface area contributed by atoms with Crippen LogP contribution in [0.15, 0.2) is 51.9 Å². The summed E-state index contributed by atoms with van der Waals surface area (Å²) in [6, 6.07) is 7.55. The van der Waals surface area contributed by atoms with Crippen molar-refractivity contribution in [2.45, 2.75) is 38.8 Å². The Labute approximate surface area is 226 Å². The largest absolute Gasteiger partial charge is 0.488 e. The van der Waals surface area contributed by atoms with E-state index >= 15 is 0 Å². The lowest BCUT2D eigenvalue weighted by Gasteiger charge is -2.18. The molecule has 12 heteroatoms. The molecule has 1 atom stereocenters. The maximum absolute atomic E-state index is 14.9. The minimum absolute atomic E-state index is 0.00190. The molecule has 0 radical (unpaired) electrons. The number of rotatable bonds is 8. The van der Waals surface area contributed by atoms with E-state index in [4.69, 9.17) is 25.7 Å². The fraction of sp³-hybridized carbons (Fsp3) is 0.214. The summed E-state index contributed by atoms with van der Waals surface area (Å²) in [7, 11) is 0. The molecule has 5 rings (SSSR count). The zero-order valence-electron chi connectivity index (χ0n) is 21.8. The minimum atomic E-state index is -1.08. The van der Waals surface area contributed by atoms with Crippen molar-refractivity contribution in [2.24, 2.45) is 0 Å². The number of halogens is 2. The third-order valence-electron chi connectivity index (χ3n) is 6.46. The lowest BCUT2D eigenvalue weighted by atomic mass is 9.95. The van der Waals surface area contributed by atoms with Crippen LogP contribution in [0.25, 0.3) is 33.3 Å². The van der Waals surface area contributed by atoms with Gasteiger partial charge >= 0.3 is 0 Å². The van der Waals surface area contributed by atoms with Crippen LogP contribution in [0, 0.1) is 22.5 Å². The van der Waals surface area contributed by atoms with Gasteiger partial charge in [-0.2, -0.15) is 5.10 Å². The van der Waals surface area contributed by atoms with Crippen LogP contribution in [0.4, 0.5) is 14.6 Å². The number of fused-ring (bicyclic) bond motifs is 2. The van der Waals surface area contributed by atoms with Gasteiger partial charge in [0.25, 0.3) is 0 Å². The Hall–Kier alpha value is -5.00. The molecule has 2 aromatic carbocycles. The van der Waals surface area contributed by atoms with E-state index in [0.717, 1.165) is 18.5 Å². The number of hydrogen-bond donors (Lipinski definition) is 3. The molecule has 204 valence electrons.